The first-order valence-electron chi connectivity index (χ1n) is 9.04. The third-order valence-electron chi connectivity index (χ3n) is 4.30. The Kier molecular flexibility index (Phi) is 7.44. The largest absolute Gasteiger partial charge is 0.454 e. The molecule has 1 aromatic carbocycles. The molecule has 3 N–H and O–H groups in total. The van der Waals surface area contributed by atoms with E-state index in [4.69, 9.17) is 4.74 Å². The molecule has 1 fully saturated rings. The molecule has 1 atom stereocenters. The van der Waals surface area contributed by atoms with Crippen molar-refractivity contribution in [3.05, 3.63) is 30.3 Å². The number of para-hydroxylation sites is 1. The van der Waals surface area contributed by atoms with Crippen LogP contribution in [0.2, 0.25) is 0 Å². The summed E-state index contributed by atoms with van der Waals surface area (Å²) in [6.45, 7) is 3.27. The van der Waals surface area contributed by atoms with Crippen molar-refractivity contribution in [2.45, 2.75) is 51.6 Å². The maximum absolute atomic E-state index is 12.3. The number of nitrogens with one attached hydrogen (secondary N) is 3. The van der Waals surface area contributed by atoms with Gasteiger partial charge in [-0.05, 0) is 30.9 Å². The van der Waals surface area contributed by atoms with Gasteiger partial charge in [0.2, 0.25) is 0 Å². The number of carbonyl (C=O) groups is 3. The normalized spacial score (nSPS) is 15.3. The number of carbonyl (C=O) groups excluding carboxylic acids is 3. The lowest BCUT2D eigenvalue weighted by atomic mass is 10.1. The predicted molar refractivity (Wildman–Crippen MR) is 98.6 cm³/mol. The Morgan fingerprint density at radius 3 is 2.38 bits per heavy atom. The lowest BCUT2D eigenvalue weighted by Gasteiger charge is -2.21. The molecule has 0 radical (unpaired) electrons. The lowest BCUT2D eigenvalue weighted by molar-refractivity contribution is -0.151. The van der Waals surface area contributed by atoms with Gasteiger partial charge in [-0.3, -0.25) is 4.79 Å². The van der Waals surface area contributed by atoms with Crippen LogP contribution in [-0.4, -0.2) is 36.6 Å². The van der Waals surface area contributed by atoms with Crippen LogP contribution in [0.1, 0.15) is 39.5 Å². The fourth-order valence-electron chi connectivity index (χ4n) is 2.89. The van der Waals surface area contributed by atoms with Crippen molar-refractivity contribution in [3.8, 4) is 0 Å². The van der Waals surface area contributed by atoms with Gasteiger partial charge in [-0.25, -0.2) is 9.59 Å². The van der Waals surface area contributed by atoms with Crippen LogP contribution in [0.15, 0.2) is 30.3 Å². The molecule has 0 unspecified atom stereocenters. The average Bonchev–Trinajstić information content (AvgIpc) is 3.11. The number of anilines is 1. The first-order chi connectivity index (χ1) is 12.5. The standard InChI is InChI=1S/C19H27N3O4/c1-13(2)17(22-19(25)21-15-8-4-3-5-9-15)18(24)26-12-16(23)20-14-10-6-7-11-14/h3-5,8-9,13-14,17H,6-7,10-12H2,1-2H3,(H,20,23)(H2,21,22,25)/t17-/m0/s1. The van der Waals surface area contributed by atoms with Gasteiger partial charge in [-0.2, -0.15) is 0 Å². The van der Waals surface area contributed by atoms with Crippen LogP contribution in [-0.2, 0) is 14.3 Å². The summed E-state index contributed by atoms with van der Waals surface area (Å²) in [5.41, 5.74) is 0.622. The molecule has 0 spiro atoms. The van der Waals surface area contributed by atoms with E-state index in [0.717, 1.165) is 25.7 Å². The van der Waals surface area contributed by atoms with Crippen LogP contribution >= 0.6 is 0 Å². The molecular weight excluding hydrogens is 334 g/mol. The quantitative estimate of drug-likeness (QED) is 0.650. The van der Waals surface area contributed by atoms with Crippen LogP contribution in [0, 0.1) is 5.92 Å². The monoisotopic (exact) mass is 361 g/mol. The van der Waals surface area contributed by atoms with Crippen molar-refractivity contribution in [3.63, 3.8) is 0 Å². The van der Waals surface area contributed by atoms with Crippen molar-refractivity contribution in [2.75, 3.05) is 11.9 Å². The van der Waals surface area contributed by atoms with E-state index < -0.39 is 18.0 Å². The average molecular weight is 361 g/mol. The number of urea groups is 1. The number of esters is 1. The van der Waals surface area contributed by atoms with Gasteiger partial charge in [0, 0.05) is 11.7 Å². The molecule has 3 amide bonds. The minimum Gasteiger partial charge on any atom is -0.454 e. The Morgan fingerprint density at radius 1 is 1.12 bits per heavy atom. The van der Waals surface area contributed by atoms with Crippen molar-refractivity contribution >= 4 is 23.6 Å². The van der Waals surface area contributed by atoms with Gasteiger partial charge in [-0.1, -0.05) is 44.9 Å². The highest BCUT2D eigenvalue weighted by Crippen LogP contribution is 2.17. The summed E-state index contributed by atoms with van der Waals surface area (Å²) in [5.74, 6) is -1.10. The first kappa shape index (κ1) is 19.8. The maximum Gasteiger partial charge on any atom is 0.329 e. The molecular formula is C19H27N3O4. The Hall–Kier alpha value is -2.57. The number of hydrogen-bond acceptors (Lipinski definition) is 4. The molecule has 0 heterocycles. The van der Waals surface area contributed by atoms with E-state index >= 15 is 0 Å². The molecule has 26 heavy (non-hydrogen) atoms. The van der Waals surface area contributed by atoms with E-state index in [0.29, 0.717) is 5.69 Å². The van der Waals surface area contributed by atoms with Gasteiger partial charge in [0.05, 0.1) is 0 Å². The fraction of sp³-hybridized carbons (Fsp3) is 0.526. The topological polar surface area (TPSA) is 96.5 Å². The summed E-state index contributed by atoms with van der Waals surface area (Å²) < 4.78 is 5.10. The second-order valence-corrected chi connectivity index (χ2v) is 6.84. The second kappa shape index (κ2) is 9.79. The third kappa shape index (κ3) is 6.38. The van der Waals surface area contributed by atoms with Crippen LogP contribution < -0.4 is 16.0 Å². The minimum absolute atomic E-state index is 0.178. The highest BCUT2D eigenvalue weighted by Gasteiger charge is 2.27. The highest BCUT2D eigenvalue weighted by atomic mass is 16.5. The van der Waals surface area contributed by atoms with Crippen molar-refractivity contribution in [1.82, 2.24) is 10.6 Å². The Morgan fingerprint density at radius 2 is 1.77 bits per heavy atom. The number of ether oxygens (including phenoxy) is 1. The van der Waals surface area contributed by atoms with E-state index in [1.807, 2.05) is 6.07 Å². The number of hydrogen-bond donors (Lipinski definition) is 3. The molecule has 0 saturated heterocycles. The highest BCUT2D eigenvalue weighted by molar-refractivity contribution is 5.93. The van der Waals surface area contributed by atoms with Gasteiger partial charge in [-0.15, -0.1) is 0 Å². The van der Waals surface area contributed by atoms with Crippen LogP contribution in [0.3, 0.4) is 0 Å². The van der Waals surface area contributed by atoms with Crippen LogP contribution in [0.5, 0.6) is 0 Å². The van der Waals surface area contributed by atoms with E-state index in [1.165, 1.54) is 0 Å². The van der Waals surface area contributed by atoms with E-state index in [9.17, 15) is 14.4 Å². The first-order valence-corrected chi connectivity index (χ1v) is 9.04. The van der Waals surface area contributed by atoms with Gasteiger partial charge in [0.15, 0.2) is 6.61 Å². The number of amides is 3. The molecule has 1 aliphatic carbocycles. The molecule has 0 bridgehead atoms. The summed E-state index contributed by atoms with van der Waals surface area (Å²) in [5, 5.41) is 8.12. The molecule has 2 rings (SSSR count). The van der Waals surface area contributed by atoms with E-state index in [2.05, 4.69) is 16.0 Å². The number of benzene rings is 1. The van der Waals surface area contributed by atoms with Crippen molar-refractivity contribution in [1.29, 1.82) is 0 Å². The number of rotatable bonds is 7. The zero-order valence-electron chi connectivity index (χ0n) is 15.3. The van der Waals surface area contributed by atoms with E-state index in [1.54, 1.807) is 38.1 Å². The minimum atomic E-state index is -0.835. The third-order valence-corrected chi connectivity index (χ3v) is 4.30. The molecule has 1 aliphatic rings. The summed E-state index contributed by atoms with van der Waals surface area (Å²) in [4.78, 5) is 36.2. The van der Waals surface area contributed by atoms with Crippen LogP contribution in [0.4, 0.5) is 10.5 Å². The molecule has 7 heteroatoms. The molecule has 142 valence electrons. The van der Waals surface area contributed by atoms with Crippen molar-refractivity contribution < 1.29 is 19.1 Å². The summed E-state index contributed by atoms with van der Waals surface area (Å²) in [6, 6.07) is 7.77. The summed E-state index contributed by atoms with van der Waals surface area (Å²) >= 11 is 0. The van der Waals surface area contributed by atoms with Crippen molar-refractivity contribution in [2.24, 2.45) is 5.92 Å². The van der Waals surface area contributed by atoms with Crippen LogP contribution in [0.25, 0.3) is 0 Å². The van der Waals surface area contributed by atoms with Gasteiger partial charge < -0.3 is 20.7 Å². The smallest absolute Gasteiger partial charge is 0.329 e. The molecule has 7 nitrogen and oxygen atoms in total. The molecule has 0 aliphatic heterocycles. The zero-order valence-corrected chi connectivity index (χ0v) is 15.3. The zero-order chi connectivity index (χ0) is 18.9. The maximum atomic E-state index is 12.3. The van der Waals surface area contributed by atoms with E-state index in [-0.39, 0.29) is 24.5 Å². The Balaban J connectivity index is 1.80. The lowest BCUT2D eigenvalue weighted by Crippen LogP contribution is -2.48. The van der Waals surface area contributed by atoms with Gasteiger partial charge in [0.25, 0.3) is 5.91 Å². The Bertz CT molecular complexity index is 612. The van der Waals surface area contributed by atoms with Gasteiger partial charge >= 0.3 is 12.0 Å². The Labute approximate surface area is 153 Å². The summed E-state index contributed by atoms with van der Waals surface area (Å²) in [7, 11) is 0. The summed E-state index contributed by atoms with van der Waals surface area (Å²) in [6.07, 6.45) is 4.16. The predicted octanol–water partition coefficient (Wildman–Crippen LogP) is 2.43. The fourth-order valence-corrected chi connectivity index (χ4v) is 2.89. The molecule has 1 aromatic rings. The second-order valence-electron chi connectivity index (χ2n) is 6.84. The molecule has 0 aromatic heterocycles. The SMILES string of the molecule is CC(C)[C@H](NC(=O)Nc1ccccc1)C(=O)OCC(=O)NC1CCCC1. The van der Waals surface area contributed by atoms with Gasteiger partial charge in [0.1, 0.15) is 6.04 Å². The molecule has 1 saturated carbocycles.